The molecule has 0 spiro atoms. The third-order valence-corrected chi connectivity index (χ3v) is 4.37. The molecule has 108 valence electrons. The molecule has 1 rings (SSSR count). The van der Waals surface area contributed by atoms with Crippen LogP contribution >= 0.6 is 0 Å². The Hall–Kier alpha value is -0.0800. The second-order valence-electron chi connectivity index (χ2n) is 6.43. The van der Waals surface area contributed by atoms with Crippen molar-refractivity contribution in [2.75, 3.05) is 26.2 Å². The van der Waals surface area contributed by atoms with Crippen LogP contribution < -0.4 is 5.32 Å². The summed E-state index contributed by atoms with van der Waals surface area (Å²) < 4.78 is 0. The van der Waals surface area contributed by atoms with Crippen molar-refractivity contribution in [3.05, 3.63) is 0 Å². The van der Waals surface area contributed by atoms with Gasteiger partial charge >= 0.3 is 0 Å². The van der Waals surface area contributed by atoms with E-state index in [4.69, 9.17) is 0 Å². The van der Waals surface area contributed by atoms with Crippen LogP contribution in [0.15, 0.2) is 0 Å². The van der Waals surface area contributed by atoms with E-state index >= 15 is 0 Å². The minimum Gasteiger partial charge on any atom is -0.314 e. The van der Waals surface area contributed by atoms with Crippen molar-refractivity contribution >= 4 is 0 Å². The largest absolute Gasteiger partial charge is 0.314 e. The molecule has 0 bridgehead atoms. The van der Waals surface area contributed by atoms with Crippen LogP contribution in [0.1, 0.15) is 59.8 Å². The Bertz CT molecular complexity index is 203. The monoisotopic (exact) mass is 254 g/mol. The van der Waals surface area contributed by atoms with Gasteiger partial charge in [0, 0.05) is 12.6 Å². The summed E-state index contributed by atoms with van der Waals surface area (Å²) in [6.07, 6.45) is 6.90. The molecule has 0 radical (unpaired) electrons. The van der Waals surface area contributed by atoms with Gasteiger partial charge in [-0.25, -0.2) is 0 Å². The minimum absolute atomic E-state index is 0.693. The highest BCUT2D eigenvalue weighted by Crippen LogP contribution is 2.19. The Morgan fingerprint density at radius 2 is 2.00 bits per heavy atom. The predicted molar refractivity (Wildman–Crippen MR) is 81.0 cm³/mol. The van der Waals surface area contributed by atoms with Crippen LogP contribution in [0.4, 0.5) is 0 Å². The molecule has 2 atom stereocenters. The second-order valence-corrected chi connectivity index (χ2v) is 6.43. The molecule has 0 amide bonds. The molecule has 2 unspecified atom stereocenters. The zero-order valence-corrected chi connectivity index (χ0v) is 13.0. The Morgan fingerprint density at radius 3 is 2.67 bits per heavy atom. The van der Waals surface area contributed by atoms with Crippen LogP contribution in [0.2, 0.25) is 0 Å². The van der Waals surface area contributed by atoms with Crippen LogP contribution in [0, 0.1) is 11.8 Å². The molecule has 0 aliphatic carbocycles. The number of unbranched alkanes of at least 4 members (excludes halogenated alkanes) is 1. The van der Waals surface area contributed by atoms with Gasteiger partial charge in [-0.1, -0.05) is 33.6 Å². The first-order chi connectivity index (χ1) is 8.63. The third-order valence-electron chi connectivity index (χ3n) is 4.37. The van der Waals surface area contributed by atoms with Crippen LogP contribution in [0.3, 0.4) is 0 Å². The number of likely N-dealkylation sites (tertiary alicyclic amines) is 1. The van der Waals surface area contributed by atoms with Gasteiger partial charge in [0.1, 0.15) is 0 Å². The van der Waals surface area contributed by atoms with Gasteiger partial charge < -0.3 is 10.2 Å². The molecular formula is C16H34N2. The van der Waals surface area contributed by atoms with Crippen molar-refractivity contribution < 1.29 is 0 Å². The fourth-order valence-corrected chi connectivity index (χ4v) is 2.96. The molecule has 0 aromatic carbocycles. The molecular weight excluding hydrogens is 220 g/mol. The summed E-state index contributed by atoms with van der Waals surface area (Å²) in [5.74, 6) is 1.72. The molecule has 1 N–H and O–H groups in total. The summed E-state index contributed by atoms with van der Waals surface area (Å²) in [6.45, 7) is 14.3. The molecule has 2 heteroatoms. The lowest BCUT2D eigenvalue weighted by atomic mass is 9.91. The molecule has 1 heterocycles. The van der Waals surface area contributed by atoms with Crippen molar-refractivity contribution in [3.8, 4) is 0 Å². The van der Waals surface area contributed by atoms with Crippen LogP contribution in [-0.2, 0) is 0 Å². The van der Waals surface area contributed by atoms with E-state index < -0.39 is 0 Å². The maximum Gasteiger partial charge on any atom is 0.00792 e. The Morgan fingerprint density at radius 1 is 1.22 bits per heavy atom. The quantitative estimate of drug-likeness (QED) is 0.667. The van der Waals surface area contributed by atoms with E-state index in [1.807, 2.05) is 0 Å². The predicted octanol–water partition coefficient (Wildman–Crippen LogP) is 3.52. The summed E-state index contributed by atoms with van der Waals surface area (Å²) in [4.78, 5) is 2.60. The van der Waals surface area contributed by atoms with E-state index in [1.165, 1.54) is 58.3 Å². The first kappa shape index (κ1) is 16.0. The number of nitrogens with zero attached hydrogens (tertiary/aromatic N) is 1. The van der Waals surface area contributed by atoms with Crippen LogP contribution in [0.5, 0.6) is 0 Å². The Labute approximate surface area is 115 Å². The number of hydrogen-bond acceptors (Lipinski definition) is 2. The SMILES string of the molecule is CCN1CCCC(C(C)NCCCCC(C)C)C1. The number of piperidine rings is 1. The summed E-state index contributed by atoms with van der Waals surface area (Å²) in [5.41, 5.74) is 0. The molecule has 0 saturated carbocycles. The third kappa shape index (κ3) is 6.19. The lowest BCUT2D eigenvalue weighted by molar-refractivity contribution is 0.157. The van der Waals surface area contributed by atoms with Gasteiger partial charge in [-0.05, 0) is 57.7 Å². The molecule has 1 aliphatic heterocycles. The Balaban J connectivity index is 2.10. The highest BCUT2D eigenvalue weighted by Gasteiger charge is 2.23. The van der Waals surface area contributed by atoms with Crippen molar-refractivity contribution in [2.24, 2.45) is 11.8 Å². The molecule has 18 heavy (non-hydrogen) atoms. The highest BCUT2D eigenvalue weighted by molar-refractivity contribution is 4.79. The van der Waals surface area contributed by atoms with Crippen molar-refractivity contribution in [1.82, 2.24) is 10.2 Å². The summed E-state index contributed by atoms with van der Waals surface area (Å²) in [7, 11) is 0. The summed E-state index contributed by atoms with van der Waals surface area (Å²) in [5, 5.41) is 3.74. The van der Waals surface area contributed by atoms with Gasteiger partial charge in [-0.2, -0.15) is 0 Å². The number of nitrogens with one attached hydrogen (secondary N) is 1. The zero-order chi connectivity index (χ0) is 13.4. The van der Waals surface area contributed by atoms with Crippen LogP contribution in [0.25, 0.3) is 0 Å². The second kappa shape index (κ2) is 8.92. The first-order valence-electron chi connectivity index (χ1n) is 8.09. The first-order valence-corrected chi connectivity index (χ1v) is 8.09. The number of rotatable bonds is 8. The zero-order valence-electron chi connectivity index (χ0n) is 13.0. The molecule has 2 nitrogen and oxygen atoms in total. The van der Waals surface area contributed by atoms with Crippen LogP contribution in [-0.4, -0.2) is 37.1 Å². The molecule has 0 aromatic rings. The molecule has 1 saturated heterocycles. The lowest BCUT2D eigenvalue weighted by Gasteiger charge is -2.35. The average molecular weight is 254 g/mol. The fourth-order valence-electron chi connectivity index (χ4n) is 2.96. The highest BCUT2D eigenvalue weighted by atomic mass is 15.1. The normalized spacial score (nSPS) is 23.5. The Kier molecular flexibility index (Phi) is 7.92. The van der Waals surface area contributed by atoms with E-state index in [2.05, 4.69) is 37.9 Å². The average Bonchev–Trinajstić information content (AvgIpc) is 2.37. The van der Waals surface area contributed by atoms with E-state index in [1.54, 1.807) is 0 Å². The maximum absolute atomic E-state index is 3.74. The maximum atomic E-state index is 3.74. The van der Waals surface area contributed by atoms with Crippen molar-refractivity contribution in [3.63, 3.8) is 0 Å². The van der Waals surface area contributed by atoms with Crippen molar-refractivity contribution in [2.45, 2.75) is 65.8 Å². The van der Waals surface area contributed by atoms with Gasteiger partial charge in [-0.15, -0.1) is 0 Å². The van der Waals surface area contributed by atoms with Gasteiger partial charge in [0.15, 0.2) is 0 Å². The van der Waals surface area contributed by atoms with Gasteiger partial charge in [0.2, 0.25) is 0 Å². The van der Waals surface area contributed by atoms with E-state index in [-0.39, 0.29) is 0 Å². The summed E-state index contributed by atoms with van der Waals surface area (Å²) in [6, 6.07) is 0.693. The summed E-state index contributed by atoms with van der Waals surface area (Å²) >= 11 is 0. The van der Waals surface area contributed by atoms with Gasteiger partial charge in [-0.3, -0.25) is 0 Å². The fraction of sp³-hybridized carbons (Fsp3) is 1.00. The molecule has 0 aromatic heterocycles. The molecule has 1 aliphatic rings. The van der Waals surface area contributed by atoms with E-state index in [0.717, 1.165) is 11.8 Å². The smallest absolute Gasteiger partial charge is 0.00792 e. The van der Waals surface area contributed by atoms with Gasteiger partial charge in [0.25, 0.3) is 0 Å². The van der Waals surface area contributed by atoms with E-state index in [9.17, 15) is 0 Å². The van der Waals surface area contributed by atoms with Crippen molar-refractivity contribution in [1.29, 1.82) is 0 Å². The number of hydrogen-bond donors (Lipinski definition) is 1. The molecule has 1 fully saturated rings. The van der Waals surface area contributed by atoms with E-state index in [0.29, 0.717) is 6.04 Å². The standard InChI is InChI=1S/C16H34N2/c1-5-18-12-8-10-16(13-18)15(4)17-11-7-6-9-14(2)3/h14-17H,5-13H2,1-4H3. The topological polar surface area (TPSA) is 15.3 Å². The minimum atomic E-state index is 0.693. The lowest BCUT2D eigenvalue weighted by Crippen LogP contribution is -2.44. The van der Waals surface area contributed by atoms with Gasteiger partial charge in [0.05, 0.1) is 0 Å².